The van der Waals surface area contributed by atoms with Crippen molar-refractivity contribution in [2.75, 3.05) is 0 Å². The summed E-state index contributed by atoms with van der Waals surface area (Å²) >= 11 is 0. The Morgan fingerprint density at radius 2 is 2.14 bits per heavy atom. The number of carboxylic acids is 1. The third kappa shape index (κ3) is 6.89. The summed E-state index contributed by atoms with van der Waals surface area (Å²) in [5.74, 6) is -1.43. The fourth-order valence-corrected chi connectivity index (χ4v) is 2.17. The van der Waals surface area contributed by atoms with E-state index in [0.29, 0.717) is 12.1 Å². The molecule has 0 bridgehead atoms. The van der Waals surface area contributed by atoms with Crippen molar-refractivity contribution in [1.82, 2.24) is 15.3 Å². The monoisotopic (exact) mass is 296 g/mol. The molecule has 1 aromatic heterocycles. The topological polar surface area (TPSA) is 121 Å². The first-order valence-electron chi connectivity index (χ1n) is 6.92. The number of hydrogen-bond donors (Lipinski definition) is 4. The molecule has 1 aromatic rings. The van der Waals surface area contributed by atoms with Crippen molar-refractivity contribution >= 4 is 11.9 Å². The van der Waals surface area contributed by atoms with Crippen LogP contribution in [0.3, 0.4) is 0 Å². The molecule has 0 aromatic carbocycles. The Hall–Kier alpha value is -1.89. The molecule has 0 saturated carbocycles. The predicted molar refractivity (Wildman–Crippen MR) is 78.5 cm³/mol. The number of carbonyl (C=O) groups is 2. The van der Waals surface area contributed by atoms with E-state index in [4.69, 9.17) is 10.8 Å². The molecule has 0 aliphatic carbocycles. The number of aromatic nitrogens is 2. The second-order valence-electron chi connectivity index (χ2n) is 6.47. The molecule has 7 heteroatoms. The maximum Gasteiger partial charge on any atom is 0.326 e. The molecule has 1 heterocycles. The van der Waals surface area contributed by atoms with Gasteiger partial charge in [-0.25, -0.2) is 9.78 Å². The number of amides is 1. The van der Waals surface area contributed by atoms with Gasteiger partial charge in [0.1, 0.15) is 6.04 Å². The number of hydrogen-bond acceptors (Lipinski definition) is 4. The largest absolute Gasteiger partial charge is 0.480 e. The zero-order valence-corrected chi connectivity index (χ0v) is 12.7. The van der Waals surface area contributed by atoms with Crippen LogP contribution in [0.5, 0.6) is 0 Å². The van der Waals surface area contributed by atoms with E-state index in [0.717, 1.165) is 0 Å². The highest BCUT2D eigenvalue weighted by Gasteiger charge is 2.23. The second-order valence-corrected chi connectivity index (χ2v) is 6.47. The highest BCUT2D eigenvalue weighted by molar-refractivity contribution is 5.84. The maximum atomic E-state index is 11.9. The van der Waals surface area contributed by atoms with Gasteiger partial charge in [-0.2, -0.15) is 0 Å². The number of carboxylic acid groups (broad SMARTS) is 1. The van der Waals surface area contributed by atoms with Gasteiger partial charge in [-0.05, 0) is 11.8 Å². The fraction of sp³-hybridized carbons (Fsp3) is 0.643. The summed E-state index contributed by atoms with van der Waals surface area (Å²) in [5.41, 5.74) is 6.61. The number of carbonyl (C=O) groups excluding carboxylic acids is 1. The zero-order chi connectivity index (χ0) is 16.0. The van der Waals surface area contributed by atoms with Gasteiger partial charge in [-0.1, -0.05) is 20.8 Å². The van der Waals surface area contributed by atoms with Gasteiger partial charge in [-0.15, -0.1) is 0 Å². The summed E-state index contributed by atoms with van der Waals surface area (Å²) in [6.45, 7) is 6.13. The van der Waals surface area contributed by atoms with Gasteiger partial charge in [-0.3, -0.25) is 4.79 Å². The second kappa shape index (κ2) is 7.21. The summed E-state index contributed by atoms with van der Waals surface area (Å²) in [6.07, 6.45) is 3.97. The molecule has 21 heavy (non-hydrogen) atoms. The summed E-state index contributed by atoms with van der Waals surface area (Å²) in [7, 11) is 0. The Balaban J connectivity index is 2.51. The fourth-order valence-electron chi connectivity index (χ4n) is 2.17. The van der Waals surface area contributed by atoms with E-state index < -0.39 is 12.0 Å². The van der Waals surface area contributed by atoms with E-state index in [1.165, 1.54) is 12.5 Å². The van der Waals surface area contributed by atoms with Crippen LogP contribution in [0, 0.1) is 5.41 Å². The van der Waals surface area contributed by atoms with Gasteiger partial charge >= 0.3 is 5.97 Å². The highest BCUT2D eigenvalue weighted by Crippen LogP contribution is 2.20. The average molecular weight is 296 g/mol. The molecule has 118 valence electrons. The molecule has 0 radical (unpaired) electrons. The zero-order valence-electron chi connectivity index (χ0n) is 12.7. The molecule has 2 atom stereocenters. The Bertz CT molecular complexity index is 465. The smallest absolute Gasteiger partial charge is 0.326 e. The molecular weight excluding hydrogens is 272 g/mol. The molecule has 0 spiro atoms. The number of aliphatic carboxylic acids is 1. The Kier molecular flexibility index (Phi) is 5.90. The highest BCUT2D eigenvalue weighted by atomic mass is 16.4. The SMILES string of the molecule is CC(C)(C)CC(N)CC(=O)NC(Cc1cnc[nH]1)C(=O)O. The number of nitrogens with two attached hydrogens (primary N) is 1. The third-order valence-corrected chi connectivity index (χ3v) is 2.93. The normalized spacial score (nSPS) is 14.5. The number of nitrogens with zero attached hydrogens (tertiary/aromatic N) is 1. The van der Waals surface area contributed by atoms with E-state index in [2.05, 4.69) is 15.3 Å². The summed E-state index contributed by atoms with van der Waals surface area (Å²) in [5, 5.41) is 11.7. The van der Waals surface area contributed by atoms with Crippen LogP contribution >= 0.6 is 0 Å². The van der Waals surface area contributed by atoms with Crippen LogP contribution in [-0.2, 0) is 16.0 Å². The van der Waals surface area contributed by atoms with Gasteiger partial charge < -0.3 is 21.1 Å². The molecule has 1 rings (SSSR count). The lowest BCUT2D eigenvalue weighted by atomic mass is 9.87. The van der Waals surface area contributed by atoms with E-state index in [1.54, 1.807) is 0 Å². The van der Waals surface area contributed by atoms with Crippen molar-refractivity contribution in [3.8, 4) is 0 Å². The Morgan fingerprint density at radius 3 is 2.62 bits per heavy atom. The molecule has 0 aliphatic heterocycles. The van der Waals surface area contributed by atoms with Crippen LogP contribution in [0.25, 0.3) is 0 Å². The van der Waals surface area contributed by atoms with Gasteiger partial charge in [0.15, 0.2) is 0 Å². The Morgan fingerprint density at radius 1 is 1.48 bits per heavy atom. The van der Waals surface area contributed by atoms with E-state index in [-0.39, 0.29) is 30.2 Å². The molecule has 2 unspecified atom stereocenters. The van der Waals surface area contributed by atoms with Gasteiger partial charge in [0.05, 0.1) is 6.33 Å². The van der Waals surface area contributed by atoms with Gasteiger partial charge in [0, 0.05) is 30.8 Å². The van der Waals surface area contributed by atoms with Crippen molar-refractivity contribution in [2.45, 2.75) is 52.1 Å². The number of imidazole rings is 1. The molecule has 7 nitrogen and oxygen atoms in total. The minimum atomic E-state index is -1.08. The first-order chi connectivity index (χ1) is 9.67. The first-order valence-corrected chi connectivity index (χ1v) is 6.92. The van der Waals surface area contributed by atoms with Gasteiger partial charge in [0.2, 0.25) is 5.91 Å². The quantitative estimate of drug-likeness (QED) is 0.589. The lowest BCUT2D eigenvalue weighted by molar-refractivity contribution is -0.141. The predicted octanol–water partition coefficient (Wildman–Crippen LogP) is 0.675. The molecule has 0 aliphatic rings. The van der Waals surface area contributed by atoms with E-state index in [1.807, 2.05) is 20.8 Å². The van der Waals surface area contributed by atoms with Crippen LogP contribution in [0.2, 0.25) is 0 Å². The van der Waals surface area contributed by atoms with Crippen LogP contribution in [0.1, 0.15) is 39.3 Å². The lowest BCUT2D eigenvalue weighted by Gasteiger charge is -2.23. The molecule has 0 saturated heterocycles. The third-order valence-electron chi connectivity index (χ3n) is 2.93. The van der Waals surface area contributed by atoms with Crippen molar-refractivity contribution in [3.63, 3.8) is 0 Å². The lowest BCUT2D eigenvalue weighted by Crippen LogP contribution is -2.44. The summed E-state index contributed by atoms with van der Waals surface area (Å²) < 4.78 is 0. The number of rotatable bonds is 7. The molecule has 5 N–H and O–H groups in total. The van der Waals surface area contributed by atoms with Crippen molar-refractivity contribution in [1.29, 1.82) is 0 Å². The standard InChI is InChI=1S/C14H24N4O3/c1-14(2,3)6-9(15)4-12(19)18-11(13(20)21)5-10-7-16-8-17-10/h7-9,11H,4-6,15H2,1-3H3,(H,16,17)(H,18,19)(H,20,21). The van der Waals surface area contributed by atoms with E-state index >= 15 is 0 Å². The molecular formula is C14H24N4O3. The first kappa shape index (κ1) is 17.2. The van der Waals surface area contributed by atoms with Crippen molar-refractivity contribution in [2.24, 2.45) is 11.1 Å². The molecule has 1 amide bonds. The van der Waals surface area contributed by atoms with Crippen molar-refractivity contribution in [3.05, 3.63) is 18.2 Å². The minimum absolute atomic E-state index is 0.0296. The summed E-state index contributed by atoms with van der Waals surface area (Å²) in [6, 6.07) is -1.27. The maximum absolute atomic E-state index is 11.9. The number of H-pyrrole nitrogens is 1. The van der Waals surface area contributed by atoms with Crippen LogP contribution in [-0.4, -0.2) is 39.0 Å². The van der Waals surface area contributed by atoms with Crippen LogP contribution in [0.4, 0.5) is 0 Å². The van der Waals surface area contributed by atoms with Crippen LogP contribution < -0.4 is 11.1 Å². The number of nitrogens with one attached hydrogen (secondary N) is 2. The average Bonchev–Trinajstić information content (AvgIpc) is 2.77. The molecule has 0 fully saturated rings. The van der Waals surface area contributed by atoms with Crippen molar-refractivity contribution < 1.29 is 14.7 Å². The number of aromatic amines is 1. The summed E-state index contributed by atoms with van der Waals surface area (Å²) in [4.78, 5) is 29.7. The minimum Gasteiger partial charge on any atom is -0.480 e. The van der Waals surface area contributed by atoms with Crippen LogP contribution in [0.15, 0.2) is 12.5 Å². The van der Waals surface area contributed by atoms with E-state index in [9.17, 15) is 9.59 Å². The Labute approximate surface area is 124 Å². The van der Waals surface area contributed by atoms with Gasteiger partial charge in [0.25, 0.3) is 0 Å².